The quantitative estimate of drug-likeness (QED) is 0.892. The van der Waals surface area contributed by atoms with Crippen molar-refractivity contribution in [3.05, 3.63) is 41.0 Å². The second kappa shape index (κ2) is 5.55. The zero-order valence-electron chi connectivity index (χ0n) is 9.74. The van der Waals surface area contributed by atoms with E-state index in [2.05, 4.69) is 15.5 Å². The van der Waals surface area contributed by atoms with Crippen LogP contribution in [-0.2, 0) is 4.79 Å². The highest BCUT2D eigenvalue weighted by molar-refractivity contribution is 6.32. The Morgan fingerprint density at radius 2 is 2.28 bits per heavy atom. The number of para-hydroxylation sites is 1. The molecule has 1 heterocycles. The molecule has 0 aliphatic rings. The third-order valence-corrected chi connectivity index (χ3v) is 2.48. The molecule has 1 amide bonds. The molecule has 0 atom stereocenters. The van der Waals surface area contributed by atoms with Crippen molar-refractivity contribution in [2.45, 2.75) is 6.92 Å². The van der Waals surface area contributed by atoms with E-state index in [4.69, 9.17) is 16.3 Å². The van der Waals surface area contributed by atoms with Gasteiger partial charge in [-0.25, -0.2) is 0 Å². The number of carbonyl (C=O) groups excluding carboxylic acids is 1. The maximum absolute atomic E-state index is 11.6. The summed E-state index contributed by atoms with van der Waals surface area (Å²) < 4.78 is 5.30. The van der Waals surface area contributed by atoms with E-state index >= 15 is 0 Å². The lowest BCUT2D eigenvalue weighted by molar-refractivity contribution is -0.118. The third kappa shape index (κ3) is 3.24. The molecular formula is C12H12ClN3O2. The Labute approximate surface area is 109 Å². The number of rotatable bonds is 4. The first-order chi connectivity index (χ1) is 8.65. The molecule has 2 rings (SSSR count). The van der Waals surface area contributed by atoms with Gasteiger partial charge in [0.25, 0.3) is 5.91 Å². The first-order valence-corrected chi connectivity index (χ1v) is 5.72. The predicted octanol–water partition coefficient (Wildman–Crippen LogP) is 2.39. The summed E-state index contributed by atoms with van der Waals surface area (Å²) in [6.07, 6.45) is 0. The molecule has 0 saturated carbocycles. The Hall–Kier alpha value is -2.01. The summed E-state index contributed by atoms with van der Waals surface area (Å²) in [4.78, 5) is 11.6. The number of hydrogen-bond donors (Lipinski definition) is 2. The Balaban J connectivity index is 1.87. The number of benzene rings is 1. The number of nitrogens with zero attached hydrogens (tertiary/aromatic N) is 1. The first kappa shape index (κ1) is 12.4. The smallest absolute Gasteiger partial charge is 0.263 e. The number of halogens is 1. The molecule has 0 aliphatic heterocycles. The van der Waals surface area contributed by atoms with Crippen LogP contribution >= 0.6 is 11.6 Å². The minimum Gasteiger partial charge on any atom is -0.482 e. The number of amides is 1. The van der Waals surface area contributed by atoms with Gasteiger partial charge in [-0.1, -0.05) is 23.7 Å². The SMILES string of the molecule is Cc1cc(NC(=O)COc2ccccc2Cl)n[nH]1. The first-order valence-electron chi connectivity index (χ1n) is 5.34. The van der Waals surface area contributed by atoms with Crippen molar-refractivity contribution >= 4 is 23.3 Å². The fraction of sp³-hybridized carbons (Fsp3) is 0.167. The van der Waals surface area contributed by atoms with Gasteiger partial charge < -0.3 is 10.1 Å². The summed E-state index contributed by atoms with van der Waals surface area (Å²) in [6, 6.07) is 8.71. The van der Waals surface area contributed by atoms with Gasteiger partial charge in [-0.2, -0.15) is 5.10 Å². The van der Waals surface area contributed by atoms with Crippen molar-refractivity contribution in [2.24, 2.45) is 0 Å². The van der Waals surface area contributed by atoms with Crippen molar-refractivity contribution in [3.63, 3.8) is 0 Å². The summed E-state index contributed by atoms with van der Waals surface area (Å²) in [5.74, 6) is 0.661. The lowest BCUT2D eigenvalue weighted by atomic mass is 10.3. The van der Waals surface area contributed by atoms with Gasteiger partial charge in [0.2, 0.25) is 0 Å². The number of anilines is 1. The molecule has 18 heavy (non-hydrogen) atoms. The van der Waals surface area contributed by atoms with E-state index < -0.39 is 0 Å². The summed E-state index contributed by atoms with van der Waals surface area (Å²) in [5, 5.41) is 9.70. The van der Waals surface area contributed by atoms with Crippen LogP contribution in [0.2, 0.25) is 5.02 Å². The van der Waals surface area contributed by atoms with E-state index in [1.807, 2.05) is 6.92 Å². The number of aromatic amines is 1. The van der Waals surface area contributed by atoms with Crippen LogP contribution in [0.5, 0.6) is 5.75 Å². The zero-order chi connectivity index (χ0) is 13.0. The number of carbonyl (C=O) groups is 1. The van der Waals surface area contributed by atoms with Crippen LogP contribution in [0.4, 0.5) is 5.82 Å². The van der Waals surface area contributed by atoms with E-state index in [1.54, 1.807) is 30.3 Å². The highest BCUT2D eigenvalue weighted by atomic mass is 35.5. The molecule has 0 saturated heterocycles. The molecule has 0 spiro atoms. The minimum atomic E-state index is -0.290. The van der Waals surface area contributed by atoms with Crippen LogP contribution < -0.4 is 10.1 Å². The fourth-order valence-electron chi connectivity index (χ4n) is 1.37. The summed E-state index contributed by atoms with van der Waals surface area (Å²) >= 11 is 5.90. The highest BCUT2D eigenvalue weighted by Crippen LogP contribution is 2.22. The normalized spacial score (nSPS) is 10.1. The Morgan fingerprint density at radius 1 is 1.50 bits per heavy atom. The van der Waals surface area contributed by atoms with Crippen molar-refractivity contribution in [3.8, 4) is 5.75 Å². The Kier molecular flexibility index (Phi) is 3.84. The van der Waals surface area contributed by atoms with Crippen molar-refractivity contribution in [1.82, 2.24) is 10.2 Å². The van der Waals surface area contributed by atoms with E-state index in [9.17, 15) is 4.79 Å². The summed E-state index contributed by atoms with van der Waals surface area (Å²) in [6.45, 7) is 1.73. The number of H-pyrrole nitrogens is 1. The van der Waals surface area contributed by atoms with E-state index in [0.717, 1.165) is 5.69 Å². The Bertz CT molecular complexity index is 554. The van der Waals surface area contributed by atoms with Crippen LogP contribution in [-0.4, -0.2) is 22.7 Å². The van der Waals surface area contributed by atoms with Crippen molar-refractivity contribution in [2.75, 3.05) is 11.9 Å². The van der Waals surface area contributed by atoms with Crippen LogP contribution in [0.25, 0.3) is 0 Å². The molecule has 2 aromatic rings. The fourth-order valence-corrected chi connectivity index (χ4v) is 1.56. The second-order valence-corrected chi connectivity index (χ2v) is 4.11. The van der Waals surface area contributed by atoms with E-state index in [-0.39, 0.29) is 12.5 Å². The second-order valence-electron chi connectivity index (χ2n) is 3.70. The van der Waals surface area contributed by atoms with Gasteiger partial charge in [-0.05, 0) is 19.1 Å². The standard InChI is InChI=1S/C12H12ClN3O2/c1-8-6-11(16-15-8)14-12(17)7-18-10-5-3-2-4-9(10)13/h2-6H,7H2,1H3,(H2,14,15,16,17). The summed E-state index contributed by atoms with van der Waals surface area (Å²) in [7, 11) is 0. The van der Waals surface area contributed by atoms with Gasteiger partial charge in [-0.3, -0.25) is 9.89 Å². The molecule has 2 N–H and O–H groups in total. The zero-order valence-corrected chi connectivity index (χ0v) is 10.5. The van der Waals surface area contributed by atoms with E-state index in [1.165, 1.54) is 0 Å². The molecule has 6 heteroatoms. The molecule has 1 aromatic heterocycles. The number of aromatic nitrogens is 2. The van der Waals surface area contributed by atoms with Crippen molar-refractivity contribution in [1.29, 1.82) is 0 Å². The largest absolute Gasteiger partial charge is 0.482 e. The lowest BCUT2D eigenvalue weighted by Gasteiger charge is -2.06. The average molecular weight is 266 g/mol. The molecule has 94 valence electrons. The predicted molar refractivity (Wildman–Crippen MR) is 68.9 cm³/mol. The third-order valence-electron chi connectivity index (χ3n) is 2.17. The van der Waals surface area contributed by atoms with Crippen LogP contribution in [0.1, 0.15) is 5.69 Å². The van der Waals surface area contributed by atoms with Crippen molar-refractivity contribution < 1.29 is 9.53 Å². The monoisotopic (exact) mass is 265 g/mol. The lowest BCUT2D eigenvalue weighted by Crippen LogP contribution is -2.20. The van der Waals surface area contributed by atoms with Gasteiger partial charge in [0.15, 0.2) is 12.4 Å². The molecule has 1 aromatic carbocycles. The number of aryl methyl sites for hydroxylation is 1. The van der Waals surface area contributed by atoms with Crippen LogP contribution in [0.3, 0.4) is 0 Å². The molecule has 0 bridgehead atoms. The summed E-state index contributed by atoms with van der Waals surface area (Å²) in [5.41, 5.74) is 0.873. The topological polar surface area (TPSA) is 67.0 Å². The number of nitrogens with one attached hydrogen (secondary N) is 2. The van der Waals surface area contributed by atoms with E-state index in [0.29, 0.717) is 16.6 Å². The highest BCUT2D eigenvalue weighted by Gasteiger charge is 2.07. The molecule has 0 radical (unpaired) electrons. The molecule has 0 fully saturated rings. The maximum Gasteiger partial charge on any atom is 0.263 e. The molecule has 0 aliphatic carbocycles. The number of hydrogen-bond acceptors (Lipinski definition) is 3. The Morgan fingerprint density at radius 3 is 2.94 bits per heavy atom. The maximum atomic E-state index is 11.6. The van der Waals surface area contributed by atoms with Gasteiger partial charge in [0.05, 0.1) is 5.02 Å². The molecule has 5 nitrogen and oxygen atoms in total. The van der Waals surface area contributed by atoms with Gasteiger partial charge in [0.1, 0.15) is 5.75 Å². The molecular weight excluding hydrogens is 254 g/mol. The minimum absolute atomic E-state index is 0.115. The average Bonchev–Trinajstić information content (AvgIpc) is 2.74. The van der Waals surface area contributed by atoms with Gasteiger partial charge in [0, 0.05) is 11.8 Å². The van der Waals surface area contributed by atoms with Gasteiger partial charge in [-0.15, -0.1) is 0 Å². The van der Waals surface area contributed by atoms with Gasteiger partial charge >= 0.3 is 0 Å². The molecule has 0 unspecified atom stereocenters. The van der Waals surface area contributed by atoms with Crippen LogP contribution in [0.15, 0.2) is 30.3 Å². The van der Waals surface area contributed by atoms with Crippen LogP contribution in [0, 0.1) is 6.92 Å². The number of ether oxygens (including phenoxy) is 1.